The number of hydrogen-bond acceptors (Lipinski definition) is 0. The Bertz CT molecular complexity index is 2870. The fourth-order valence-electron chi connectivity index (χ4n) is 9.26. The smallest absolute Gasteiger partial charge is 0.0435 e. The van der Waals surface area contributed by atoms with Gasteiger partial charge in [0.2, 0.25) is 0 Å². The van der Waals surface area contributed by atoms with Gasteiger partial charge < -0.3 is 0 Å². The van der Waals surface area contributed by atoms with Gasteiger partial charge in [0.25, 0.3) is 0 Å². The van der Waals surface area contributed by atoms with Gasteiger partial charge in [-0.2, -0.15) is 0 Å². The summed E-state index contributed by atoms with van der Waals surface area (Å²) in [7, 11) is 0. The molecule has 0 saturated carbocycles. The fraction of sp³-hybridized carbons (Fsp3) is 0.0400. The van der Waals surface area contributed by atoms with E-state index in [-0.39, 0.29) is 5.41 Å². The summed E-state index contributed by atoms with van der Waals surface area (Å²) in [5, 5.41) is 7.78. The van der Waals surface area contributed by atoms with Crippen LogP contribution in [0, 0.1) is 0 Å². The first-order chi connectivity index (χ1) is 24.7. The van der Waals surface area contributed by atoms with Crippen LogP contribution in [0.2, 0.25) is 0 Å². The Labute approximate surface area is 291 Å². The fourth-order valence-corrected chi connectivity index (χ4v) is 9.26. The van der Waals surface area contributed by atoms with Gasteiger partial charge in [-0.25, -0.2) is 0 Å². The number of hydrogen-bond donors (Lipinski definition) is 0. The first-order valence-corrected chi connectivity index (χ1v) is 17.6. The molecule has 0 fully saturated rings. The molecule has 1 atom stereocenters. The molecular weight excluding hydrogens is 601 g/mol. The summed E-state index contributed by atoms with van der Waals surface area (Å²) in [6, 6.07) is 65.8. The molecule has 50 heavy (non-hydrogen) atoms. The Morgan fingerprint density at radius 2 is 1.02 bits per heavy atom. The van der Waals surface area contributed by atoms with Crippen molar-refractivity contribution in [2.75, 3.05) is 0 Å². The van der Waals surface area contributed by atoms with Crippen LogP contribution < -0.4 is 0 Å². The highest BCUT2D eigenvalue weighted by atomic mass is 14.4. The summed E-state index contributed by atoms with van der Waals surface area (Å²) >= 11 is 0. The summed E-state index contributed by atoms with van der Waals surface area (Å²) in [6.07, 6.45) is 0. The highest BCUT2D eigenvalue weighted by Gasteiger charge is 2.40. The van der Waals surface area contributed by atoms with Crippen LogP contribution in [0.5, 0.6) is 0 Å². The van der Waals surface area contributed by atoms with Gasteiger partial charge in [-0.3, -0.25) is 0 Å². The van der Waals surface area contributed by atoms with Crippen molar-refractivity contribution in [3.05, 3.63) is 193 Å². The molecule has 11 rings (SSSR count). The summed E-state index contributed by atoms with van der Waals surface area (Å²) in [6.45, 7) is 2.40. The maximum Gasteiger partial charge on any atom is 0.0435 e. The Morgan fingerprint density at radius 1 is 0.340 bits per heavy atom. The van der Waals surface area contributed by atoms with E-state index >= 15 is 0 Å². The molecule has 0 aromatic heterocycles. The molecule has 0 heterocycles. The minimum Gasteiger partial charge on any atom is -0.0622 e. The first kappa shape index (κ1) is 27.7. The molecule has 0 radical (unpaired) electrons. The van der Waals surface area contributed by atoms with Crippen LogP contribution in [0.25, 0.3) is 88.0 Å². The molecule has 0 N–H and O–H groups in total. The van der Waals surface area contributed by atoms with E-state index in [1.807, 2.05) is 0 Å². The maximum absolute atomic E-state index is 2.46. The summed E-state index contributed by atoms with van der Waals surface area (Å²) < 4.78 is 0. The summed E-state index contributed by atoms with van der Waals surface area (Å²) in [5.74, 6) is 0. The second-order valence-electron chi connectivity index (χ2n) is 14.2. The second-order valence-corrected chi connectivity index (χ2v) is 14.2. The predicted molar refractivity (Wildman–Crippen MR) is 212 cm³/mol. The van der Waals surface area contributed by atoms with Gasteiger partial charge in [0, 0.05) is 5.41 Å². The van der Waals surface area contributed by atoms with Crippen LogP contribution in [0.3, 0.4) is 0 Å². The monoisotopic (exact) mass is 632 g/mol. The Kier molecular flexibility index (Phi) is 5.61. The standard InChI is InChI=1S/C50H32/c1-50(38-17-3-2-4-18-38)45-23-8-7-20-40(45)43-28-34-25-24-33(27-37(34)30-46(43)50)32-15-9-16-36(26-32)48-39-19-6-5-12-35(39)29-44-41-21-10-13-31-14-11-22-42(47(31)41)49(44)48/h2-30H,1H3. The van der Waals surface area contributed by atoms with Crippen molar-refractivity contribution in [3.63, 3.8) is 0 Å². The number of fused-ring (bicyclic) bond motifs is 8. The van der Waals surface area contributed by atoms with Gasteiger partial charge in [-0.1, -0.05) is 146 Å². The third-order valence-electron chi connectivity index (χ3n) is 11.6. The zero-order valence-electron chi connectivity index (χ0n) is 27.7. The van der Waals surface area contributed by atoms with E-state index in [2.05, 4.69) is 183 Å². The molecule has 2 aliphatic carbocycles. The van der Waals surface area contributed by atoms with E-state index < -0.39 is 0 Å². The van der Waals surface area contributed by atoms with Gasteiger partial charge in [0.05, 0.1) is 0 Å². The minimum atomic E-state index is -0.216. The van der Waals surface area contributed by atoms with Crippen molar-refractivity contribution >= 4 is 32.3 Å². The van der Waals surface area contributed by atoms with E-state index in [4.69, 9.17) is 0 Å². The van der Waals surface area contributed by atoms with Gasteiger partial charge in [-0.15, -0.1) is 0 Å². The van der Waals surface area contributed by atoms with Gasteiger partial charge in [0.15, 0.2) is 0 Å². The van der Waals surface area contributed by atoms with Gasteiger partial charge >= 0.3 is 0 Å². The molecule has 2 aliphatic rings. The zero-order valence-corrected chi connectivity index (χ0v) is 27.7. The second kappa shape index (κ2) is 10.1. The van der Waals surface area contributed by atoms with Crippen molar-refractivity contribution in [1.29, 1.82) is 0 Å². The van der Waals surface area contributed by atoms with E-state index in [0.29, 0.717) is 0 Å². The van der Waals surface area contributed by atoms with Crippen molar-refractivity contribution in [2.45, 2.75) is 12.3 Å². The predicted octanol–water partition coefficient (Wildman–Crippen LogP) is 13.5. The molecule has 232 valence electrons. The van der Waals surface area contributed by atoms with Crippen molar-refractivity contribution in [3.8, 4) is 55.6 Å². The third-order valence-corrected chi connectivity index (χ3v) is 11.6. The molecule has 9 aromatic carbocycles. The molecule has 9 aromatic rings. The Hall–Kier alpha value is -6.24. The molecule has 0 saturated heterocycles. The van der Waals surface area contributed by atoms with Crippen molar-refractivity contribution in [2.24, 2.45) is 0 Å². The zero-order chi connectivity index (χ0) is 33.0. The third kappa shape index (κ3) is 3.71. The van der Waals surface area contributed by atoms with Crippen LogP contribution in [0.4, 0.5) is 0 Å². The van der Waals surface area contributed by atoms with E-state index in [0.717, 1.165) is 0 Å². The van der Waals surface area contributed by atoms with Crippen molar-refractivity contribution < 1.29 is 0 Å². The number of rotatable bonds is 3. The van der Waals surface area contributed by atoms with E-state index in [9.17, 15) is 0 Å². The maximum atomic E-state index is 2.46. The highest BCUT2D eigenvalue weighted by molar-refractivity contribution is 6.22. The van der Waals surface area contributed by atoms with E-state index in [1.165, 1.54) is 105 Å². The molecule has 0 amide bonds. The molecule has 1 unspecified atom stereocenters. The molecule has 0 bridgehead atoms. The van der Waals surface area contributed by atoms with Gasteiger partial charge in [0.1, 0.15) is 0 Å². The number of benzene rings is 9. The van der Waals surface area contributed by atoms with Crippen molar-refractivity contribution in [1.82, 2.24) is 0 Å². The lowest BCUT2D eigenvalue weighted by Crippen LogP contribution is -2.22. The lowest BCUT2D eigenvalue weighted by Gasteiger charge is -2.28. The Morgan fingerprint density at radius 3 is 1.92 bits per heavy atom. The van der Waals surface area contributed by atoms with Crippen LogP contribution in [-0.4, -0.2) is 0 Å². The van der Waals surface area contributed by atoms with Crippen LogP contribution in [0.1, 0.15) is 23.6 Å². The molecule has 0 spiro atoms. The summed E-state index contributed by atoms with van der Waals surface area (Å²) in [5.41, 5.74) is 16.9. The molecular formula is C50H32. The average molecular weight is 633 g/mol. The molecule has 0 heteroatoms. The van der Waals surface area contributed by atoms with Gasteiger partial charge in [-0.05, 0) is 142 Å². The Balaban J connectivity index is 1.10. The van der Waals surface area contributed by atoms with Crippen LogP contribution in [0.15, 0.2) is 176 Å². The SMILES string of the molecule is CC1(c2ccccc2)c2ccccc2-c2cc3ccc(-c4cccc(-c5c6c(cc7ccccc57)-c5cccc7cccc-6c57)c4)cc3cc21. The van der Waals surface area contributed by atoms with Crippen LogP contribution >= 0.6 is 0 Å². The van der Waals surface area contributed by atoms with Crippen LogP contribution in [-0.2, 0) is 5.41 Å². The topological polar surface area (TPSA) is 0 Å². The quantitative estimate of drug-likeness (QED) is 0.182. The molecule has 0 nitrogen and oxygen atoms in total. The summed E-state index contributed by atoms with van der Waals surface area (Å²) in [4.78, 5) is 0. The lowest BCUT2D eigenvalue weighted by molar-refractivity contribution is 0.715. The lowest BCUT2D eigenvalue weighted by atomic mass is 9.74. The highest BCUT2D eigenvalue weighted by Crippen LogP contribution is 2.55. The minimum absolute atomic E-state index is 0.216. The van der Waals surface area contributed by atoms with E-state index in [1.54, 1.807) is 0 Å². The first-order valence-electron chi connectivity index (χ1n) is 17.6. The average Bonchev–Trinajstić information content (AvgIpc) is 3.63. The molecule has 0 aliphatic heterocycles. The largest absolute Gasteiger partial charge is 0.0622 e. The normalized spacial score (nSPS) is 15.4.